The molecule has 28 heavy (non-hydrogen) atoms. The Morgan fingerprint density at radius 1 is 1.25 bits per heavy atom. The molecule has 0 bridgehead atoms. The van der Waals surface area contributed by atoms with Crippen molar-refractivity contribution < 1.29 is 28.4 Å². The number of nitrogens with zero attached hydrogens (tertiary/aromatic N) is 1. The molecule has 0 saturated heterocycles. The number of hydrogen-bond donors (Lipinski definition) is 1. The summed E-state index contributed by atoms with van der Waals surface area (Å²) in [7, 11) is 0. The average molecular weight is 411 g/mol. The summed E-state index contributed by atoms with van der Waals surface area (Å²) in [5, 5.41) is 13.1. The first kappa shape index (κ1) is 21.1. The van der Waals surface area contributed by atoms with Crippen LogP contribution in [0.3, 0.4) is 0 Å². The van der Waals surface area contributed by atoms with Gasteiger partial charge in [-0.3, -0.25) is 14.9 Å². The van der Waals surface area contributed by atoms with Gasteiger partial charge in [0.2, 0.25) is 0 Å². The zero-order valence-corrected chi connectivity index (χ0v) is 15.4. The molecular weight excluding hydrogens is 395 g/mol. The predicted molar refractivity (Wildman–Crippen MR) is 97.9 cm³/mol. The molecule has 0 aliphatic carbocycles. The summed E-state index contributed by atoms with van der Waals surface area (Å²) in [6, 6.07) is 8.30. The van der Waals surface area contributed by atoms with Gasteiger partial charge in [-0.1, -0.05) is 23.7 Å². The summed E-state index contributed by atoms with van der Waals surface area (Å²) >= 11 is 5.69. The van der Waals surface area contributed by atoms with Crippen molar-refractivity contribution >= 4 is 29.2 Å². The zero-order valence-electron chi connectivity index (χ0n) is 14.7. The van der Waals surface area contributed by atoms with E-state index in [1.54, 1.807) is 6.07 Å². The fraction of sp³-hybridized carbons (Fsp3) is 0.222. The van der Waals surface area contributed by atoms with Crippen molar-refractivity contribution in [1.82, 2.24) is 5.32 Å². The number of carbonyl (C=O) groups excluding carboxylic acids is 2. The van der Waals surface area contributed by atoms with Crippen LogP contribution in [0, 0.1) is 15.9 Å². The molecule has 0 spiro atoms. The fourth-order valence-electron chi connectivity index (χ4n) is 2.11. The second-order valence-corrected chi connectivity index (χ2v) is 5.97. The molecule has 0 radical (unpaired) electrons. The number of nitro groups is 1. The van der Waals surface area contributed by atoms with Gasteiger partial charge in [-0.15, -0.1) is 0 Å². The van der Waals surface area contributed by atoms with Crippen LogP contribution in [-0.2, 0) is 9.53 Å². The lowest BCUT2D eigenvalue weighted by atomic mass is 10.1. The van der Waals surface area contributed by atoms with E-state index >= 15 is 0 Å². The first-order chi connectivity index (χ1) is 13.3. The van der Waals surface area contributed by atoms with Crippen LogP contribution in [0.4, 0.5) is 10.1 Å². The number of halogens is 2. The number of esters is 1. The van der Waals surface area contributed by atoms with Gasteiger partial charge in [0.15, 0.2) is 11.6 Å². The van der Waals surface area contributed by atoms with Crippen molar-refractivity contribution in [2.24, 2.45) is 0 Å². The number of benzene rings is 2. The minimum atomic E-state index is -1.02. The van der Waals surface area contributed by atoms with Gasteiger partial charge in [-0.2, -0.15) is 0 Å². The molecule has 2 aromatic rings. The predicted octanol–water partition coefficient (Wildman–Crippen LogP) is 3.13. The fourth-order valence-corrected chi connectivity index (χ4v) is 2.30. The van der Waals surface area contributed by atoms with Gasteiger partial charge in [0, 0.05) is 11.6 Å². The van der Waals surface area contributed by atoms with Crippen molar-refractivity contribution in [3.63, 3.8) is 0 Å². The quantitative estimate of drug-likeness (QED) is 0.310. The second-order valence-electron chi connectivity index (χ2n) is 5.56. The standard InChI is InChI=1S/C18H16ClFN2O6/c1-11(18(24)28-9-8-27-16-5-3-2-4-14(16)20)21-17(23)12-6-7-13(19)15(10-12)22(25)26/h2-7,10-11H,8-9H2,1H3,(H,21,23)/t11-/m0/s1. The van der Waals surface area contributed by atoms with Gasteiger partial charge in [-0.05, 0) is 31.2 Å². The molecular formula is C18H16ClFN2O6. The molecule has 0 heterocycles. The molecule has 1 N–H and O–H groups in total. The van der Waals surface area contributed by atoms with Crippen LogP contribution in [0.2, 0.25) is 5.02 Å². The number of rotatable bonds is 8. The highest BCUT2D eigenvalue weighted by Gasteiger charge is 2.21. The Morgan fingerprint density at radius 3 is 2.64 bits per heavy atom. The number of para-hydroxylation sites is 1. The van der Waals surface area contributed by atoms with E-state index in [1.165, 1.54) is 37.3 Å². The Hall–Kier alpha value is -3.20. The van der Waals surface area contributed by atoms with Gasteiger partial charge in [-0.25, -0.2) is 9.18 Å². The Morgan fingerprint density at radius 2 is 1.96 bits per heavy atom. The lowest BCUT2D eigenvalue weighted by Crippen LogP contribution is -2.40. The van der Waals surface area contributed by atoms with Crippen molar-refractivity contribution in [2.45, 2.75) is 13.0 Å². The Bertz CT molecular complexity index is 892. The molecule has 1 amide bonds. The van der Waals surface area contributed by atoms with E-state index in [0.29, 0.717) is 0 Å². The van der Waals surface area contributed by atoms with Crippen LogP contribution in [-0.4, -0.2) is 36.1 Å². The first-order valence-corrected chi connectivity index (χ1v) is 8.46. The van der Waals surface area contributed by atoms with E-state index in [1.807, 2.05) is 0 Å². The molecule has 0 aromatic heterocycles. The van der Waals surface area contributed by atoms with Crippen molar-refractivity contribution in [2.75, 3.05) is 13.2 Å². The number of carbonyl (C=O) groups is 2. The minimum Gasteiger partial charge on any atom is -0.487 e. The van der Waals surface area contributed by atoms with Gasteiger partial charge >= 0.3 is 5.97 Å². The maximum absolute atomic E-state index is 13.4. The largest absolute Gasteiger partial charge is 0.487 e. The summed E-state index contributed by atoms with van der Waals surface area (Å²) in [5.41, 5.74) is -0.450. The first-order valence-electron chi connectivity index (χ1n) is 8.08. The van der Waals surface area contributed by atoms with Crippen molar-refractivity contribution in [1.29, 1.82) is 0 Å². The van der Waals surface area contributed by atoms with Crippen molar-refractivity contribution in [3.8, 4) is 5.75 Å². The van der Waals surface area contributed by atoms with Gasteiger partial charge < -0.3 is 14.8 Å². The Labute approximate surface area is 164 Å². The van der Waals surface area contributed by atoms with Crippen LogP contribution in [0.15, 0.2) is 42.5 Å². The maximum Gasteiger partial charge on any atom is 0.328 e. The number of hydrogen-bond acceptors (Lipinski definition) is 6. The van der Waals surface area contributed by atoms with E-state index in [-0.39, 0.29) is 29.5 Å². The van der Waals surface area contributed by atoms with Gasteiger partial charge in [0.1, 0.15) is 24.3 Å². The lowest BCUT2D eigenvalue weighted by Gasteiger charge is -2.14. The summed E-state index contributed by atoms with van der Waals surface area (Å²) < 4.78 is 23.5. The van der Waals surface area contributed by atoms with Gasteiger partial charge in [0.25, 0.3) is 11.6 Å². The molecule has 1 atom stereocenters. The third-order valence-corrected chi connectivity index (χ3v) is 3.85. The summed E-state index contributed by atoms with van der Waals surface area (Å²) in [6.07, 6.45) is 0. The second kappa shape index (κ2) is 9.65. The number of amides is 1. The van der Waals surface area contributed by atoms with E-state index in [9.17, 15) is 24.1 Å². The molecule has 0 aliphatic rings. The smallest absolute Gasteiger partial charge is 0.328 e. The average Bonchev–Trinajstić information content (AvgIpc) is 2.66. The van der Waals surface area contributed by atoms with E-state index in [2.05, 4.69) is 5.32 Å². The number of nitrogens with one attached hydrogen (secondary N) is 1. The third kappa shape index (κ3) is 5.65. The van der Waals surface area contributed by atoms with Crippen LogP contribution in [0.5, 0.6) is 5.75 Å². The molecule has 0 saturated carbocycles. The molecule has 148 valence electrons. The molecule has 8 nitrogen and oxygen atoms in total. The Kier molecular flexibility index (Phi) is 7.28. The van der Waals surface area contributed by atoms with Crippen LogP contribution in [0.25, 0.3) is 0 Å². The highest BCUT2D eigenvalue weighted by molar-refractivity contribution is 6.32. The van der Waals surface area contributed by atoms with E-state index in [4.69, 9.17) is 21.1 Å². The minimum absolute atomic E-state index is 0.0290. The molecule has 10 heteroatoms. The lowest BCUT2D eigenvalue weighted by molar-refractivity contribution is -0.384. The SMILES string of the molecule is C[C@H](NC(=O)c1ccc(Cl)c([N+](=O)[O-])c1)C(=O)OCCOc1ccccc1F. The summed E-state index contributed by atoms with van der Waals surface area (Å²) in [4.78, 5) is 34.2. The van der Waals surface area contributed by atoms with E-state index in [0.717, 1.165) is 6.07 Å². The van der Waals surface area contributed by atoms with Crippen LogP contribution in [0.1, 0.15) is 17.3 Å². The number of ether oxygens (including phenoxy) is 2. The molecule has 2 aromatic carbocycles. The maximum atomic E-state index is 13.4. The van der Waals surface area contributed by atoms with Crippen LogP contribution < -0.4 is 10.1 Å². The van der Waals surface area contributed by atoms with E-state index < -0.39 is 34.3 Å². The normalized spacial score (nSPS) is 11.4. The monoisotopic (exact) mass is 410 g/mol. The summed E-state index contributed by atoms with van der Waals surface area (Å²) in [5.74, 6) is -1.95. The van der Waals surface area contributed by atoms with Crippen LogP contribution >= 0.6 is 11.6 Å². The zero-order chi connectivity index (χ0) is 20.7. The Balaban J connectivity index is 1.83. The highest BCUT2D eigenvalue weighted by atomic mass is 35.5. The topological polar surface area (TPSA) is 108 Å². The molecule has 2 rings (SSSR count). The summed E-state index contributed by atoms with van der Waals surface area (Å²) in [6.45, 7) is 1.17. The highest BCUT2D eigenvalue weighted by Crippen LogP contribution is 2.25. The molecule has 0 aliphatic heterocycles. The van der Waals surface area contributed by atoms with Gasteiger partial charge in [0.05, 0.1) is 4.92 Å². The number of nitro benzene ring substituents is 1. The molecule has 0 fully saturated rings. The third-order valence-electron chi connectivity index (χ3n) is 3.53. The van der Waals surface area contributed by atoms with Crippen molar-refractivity contribution in [3.05, 3.63) is 69.0 Å². The molecule has 0 unspecified atom stereocenters.